The Morgan fingerprint density at radius 2 is 2.25 bits per heavy atom. The summed E-state index contributed by atoms with van der Waals surface area (Å²) in [5, 5.41) is 21.2. The van der Waals surface area contributed by atoms with E-state index < -0.39 is 5.25 Å². The fourth-order valence-corrected chi connectivity index (χ4v) is 3.43. The van der Waals surface area contributed by atoms with Crippen LogP contribution in [0, 0.1) is 18.3 Å². The monoisotopic (exact) mass is 361 g/mol. The van der Waals surface area contributed by atoms with Crippen LogP contribution >= 0.6 is 23.1 Å². The molecule has 2 aromatic heterocycles. The largest absolute Gasteiger partial charge is 0.300 e. The van der Waals surface area contributed by atoms with Crippen LogP contribution in [0.2, 0.25) is 0 Å². The molecular formula is C16H19N5OS2. The summed E-state index contributed by atoms with van der Waals surface area (Å²) in [4.78, 5) is 16.8. The van der Waals surface area contributed by atoms with Gasteiger partial charge in [0.05, 0.1) is 10.8 Å². The quantitative estimate of drug-likeness (QED) is 0.758. The van der Waals surface area contributed by atoms with Gasteiger partial charge in [0.1, 0.15) is 16.1 Å². The molecule has 1 N–H and O–H groups in total. The summed E-state index contributed by atoms with van der Waals surface area (Å²) >= 11 is 2.61. The van der Waals surface area contributed by atoms with E-state index >= 15 is 0 Å². The molecule has 0 aromatic carbocycles. The fourth-order valence-electron chi connectivity index (χ4n) is 1.93. The van der Waals surface area contributed by atoms with Crippen LogP contribution in [0.4, 0.5) is 5.13 Å². The molecule has 0 aliphatic rings. The van der Waals surface area contributed by atoms with E-state index in [0.29, 0.717) is 15.7 Å². The molecule has 2 heterocycles. The van der Waals surface area contributed by atoms with E-state index in [1.165, 1.54) is 23.1 Å². The zero-order valence-corrected chi connectivity index (χ0v) is 15.5. The van der Waals surface area contributed by atoms with Crippen LogP contribution < -0.4 is 5.32 Å². The summed E-state index contributed by atoms with van der Waals surface area (Å²) < 4.78 is 0. The number of rotatable bonds is 7. The first kappa shape index (κ1) is 18.4. The molecule has 6 nitrogen and oxygen atoms in total. The van der Waals surface area contributed by atoms with Crippen molar-refractivity contribution in [3.63, 3.8) is 0 Å². The molecule has 0 bridgehead atoms. The number of pyridine rings is 1. The van der Waals surface area contributed by atoms with Crippen molar-refractivity contribution in [1.82, 2.24) is 15.2 Å². The van der Waals surface area contributed by atoms with E-state index in [9.17, 15) is 10.1 Å². The Bertz CT molecular complexity index is 753. The minimum Gasteiger partial charge on any atom is -0.300 e. The maximum absolute atomic E-state index is 12.3. The number of hydrogen-bond acceptors (Lipinski definition) is 7. The van der Waals surface area contributed by atoms with Crippen LogP contribution in [0.1, 0.15) is 43.0 Å². The number of nitrogens with one attached hydrogen (secondary N) is 1. The molecule has 0 spiro atoms. The lowest BCUT2D eigenvalue weighted by Gasteiger charge is -2.11. The van der Waals surface area contributed by atoms with Gasteiger partial charge in [-0.15, -0.1) is 10.2 Å². The van der Waals surface area contributed by atoms with Gasteiger partial charge in [0.2, 0.25) is 11.0 Å². The first-order valence-electron chi connectivity index (χ1n) is 7.71. The summed E-state index contributed by atoms with van der Waals surface area (Å²) in [5.74, 6) is -0.180. The number of anilines is 1. The number of carbonyl (C=O) groups excluding carboxylic acids is 1. The third-order valence-electron chi connectivity index (χ3n) is 3.24. The van der Waals surface area contributed by atoms with Crippen molar-refractivity contribution in [2.75, 3.05) is 5.32 Å². The predicted molar refractivity (Wildman–Crippen MR) is 96.2 cm³/mol. The molecule has 1 amide bonds. The smallest absolute Gasteiger partial charge is 0.239 e. The first-order valence-corrected chi connectivity index (χ1v) is 9.40. The van der Waals surface area contributed by atoms with E-state index in [2.05, 4.69) is 33.5 Å². The molecule has 1 unspecified atom stereocenters. The molecule has 1 atom stereocenters. The molecule has 24 heavy (non-hydrogen) atoms. The maximum atomic E-state index is 12.3. The van der Waals surface area contributed by atoms with Gasteiger partial charge in [-0.3, -0.25) is 10.1 Å². The zero-order valence-electron chi connectivity index (χ0n) is 13.9. The standard InChI is InChI=1S/C16H19N5OS2/c1-4-5-6-13-8-7-12(9-17)15(18-13)23-10(2)14(22)19-16-21-20-11(3)24-16/h7-8,10H,4-6H2,1-3H3,(H,19,21,22). The Morgan fingerprint density at radius 1 is 1.46 bits per heavy atom. The summed E-state index contributed by atoms with van der Waals surface area (Å²) in [6, 6.07) is 5.80. The van der Waals surface area contributed by atoms with Gasteiger partial charge in [0.15, 0.2) is 0 Å². The van der Waals surface area contributed by atoms with Gasteiger partial charge in [-0.1, -0.05) is 36.4 Å². The Kier molecular flexibility index (Phi) is 6.70. The van der Waals surface area contributed by atoms with Gasteiger partial charge >= 0.3 is 0 Å². The van der Waals surface area contributed by atoms with Crippen LogP contribution in [0.25, 0.3) is 0 Å². The lowest BCUT2D eigenvalue weighted by atomic mass is 10.2. The number of unbranched alkanes of at least 4 members (excludes halogenated alkanes) is 1. The third kappa shape index (κ3) is 5.01. The minimum atomic E-state index is -0.393. The van der Waals surface area contributed by atoms with Gasteiger partial charge in [-0.25, -0.2) is 4.98 Å². The average molecular weight is 361 g/mol. The Hall–Kier alpha value is -1.98. The Labute approximate surface area is 149 Å². The number of carbonyl (C=O) groups is 1. The van der Waals surface area contributed by atoms with Crippen LogP contribution in [0.15, 0.2) is 17.2 Å². The number of thioether (sulfide) groups is 1. The van der Waals surface area contributed by atoms with Crippen LogP contribution in [0.3, 0.4) is 0 Å². The van der Waals surface area contributed by atoms with Crippen molar-refractivity contribution in [3.05, 3.63) is 28.4 Å². The van der Waals surface area contributed by atoms with Crippen molar-refractivity contribution < 1.29 is 4.79 Å². The summed E-state index contributed by atoms with van der Waals surface area (Å²) in [6.45, 7) is 5.74. The van der Waals surface area contributed by atoms with Gasteiger partial charge in [0.25, 0.3) is 0 Å². The van der Waals surface area contributed by atoms with Crippen molar-refractivity contribution in [2.24, 2.45) is 0 Å². The predicted octanol–water partition coefficient (Wildman–Crippen LogP) is 3.58. The molecule has 2 aromatic rings. The minimum absolute atomic E-state index is 0.180. The van der Waals surface area contributed by atoms with Crippen molar-refractivity contribution in [1.29, 1.82) is 5.26 Å². The molecule has 0 saturated carbocycles. The van der Waals surface area contributed by atoms with Gasteiger partial charge in [0, 0.05) is 5.69 Å². The number of hydrogen-bond donors (Lipinski definition) is 1. The first-order chi connectivity index (χ1) is 11.5. The second-order valence-electron chi connectivity index (χ2n) is 5.25. The lowest BCUT2D eigenvalue weighted by Crippen LogP contribution is -2.22. The van der Waals surface area contributed by atoms with E-state index in [4.69, 9.17) is 0 Å². The Morgan fingerprint density at radius 3 is 2.88 bits per heavy atom. The van der Waals surface area contributed by atoms with Crippen LogP contribution in [0.5, 0.6) is 0 Å². The SMILES string of the molecule is CCCCc1ccc(C#N)c(SC(C)C(=O)Nc2nnc(C)s2)n1. The highest BCUT2D eigenvalue weighted by molar-refractivity contribution is 8.00. The highest BCUT2D eigenvalue weighted by atomic mass is 32.2. The van der Waals surface area contributed by atoms with E-state index in [1.54, 1.807) is 13.0 Å². The number of aryl methyl sites for hydroxylation is 2. The number of amides is 1. The summed E-state index contributed by atoms with van der Waals surface area (Å²) in [7, 11) is 0. The molecular weight excluding hydrogens is 342 g/mol. The number of aromatic nitrogens is 3. The fraction of sp³-hybridized carbons (Fsp3) is 0.438. The molecule has 0 fully saturated rings. The molecule has 0 radical (unpaired) electrons. The van der Waals surface area contributed by atoms with E-state index in [0.717, 1.165) is 30.0 Å². The number of nitrogens with zero attached hydrogens (tertiary/aromatic N) is 4. The van der Waals surface area contributed by atoms with Crippen LogP contribution in [-0.4, -0.2) is 26.3 Å². The van der Waals surface area contributed by atoms with E-state index in [-0.39, 0.29) is 5.91 Å². The summed E-state index contributed by atoms with van der Waals surface area (Å²) in [5.41, 5.74) is 1.44. The third-order valence-corrected chi connectivity index (χ3v) is 5.09. The molecule has 8 heteroatoms. The maximum Gasteiger partial charge on any atom is 0.239 e. The topological polar surface area (TPSA) is 91.6 Å². The molecule has 0 aliphatic heterocycles. The second kappa shape index (κ2) is 8.76. The van der Waals surface area contributed by atoms with E-state index in [1.807, 2.05) is 13.0 Å². The van der Waals surface area contributed by atoms with Gasteiger partial charge in [-0.05, 0) is 38.8 Å². The summed E-state index contributed by atoms with van der Waals surface area (Å²) in [6.07, 6.45) is 3.01. The zero-order chi connectivity index (χ0) is 17.5. The van der Waals surface area contributed by atoms with Crippen LogP contribution in [-0.2, 0) is 11.2 Å². The van der Waals surface area contributed by atoms with Crippen molar-refractivity contribution in [3.8, 4) is 6.07 Å². The highest BCUT2D eigenvalue weighted by Gasteiger charge is 2.19. The van der Waals surface area contributed by atoms with Gasteiger partial charge < -0.3 is 0 Å². The molecule has 0 aliphatic carbocycles. The normalized spacial score (nSPS) is 11.8. The second-order valence-corrected chi connectivity index (χ2v) is 7.76. The van der Waals surface area contributed by atoms with Crippen molar-refractivity contribution >= 4 is 34.1 Å². The average Bonchev–Trinajstić information content (AvgIpc) is 2.98. The van der Waals surface area contributed by atoms with Crippen molar-refractivity contribution in [2.45, 2.75) is 50.3 Å². The Balaban J connectivity index is 2.07. The lowest BCUT2D eigenvalue weighted by molar-refractivity contribution is -0.115. The molecule has 2 rings (SSSR count). The highest BCUT2D eigenvalue weighted by Crippen LogP contribution is 2.26. The number of nitriles is 1. The van der Waals surface area contributed by atoms with Gasteiger partial charge in [-0.2, -0.15) is 5.26 Å². The molecule has 0 saturated heterocycles. The molecule has 126 valence electrons.